The lowest BCUT2D eigenvalue weighted by Crippen LogP contribution is -2.15. The highest BCUT2D eigenvalue weighted by molar-refractivity contribution is 5.64. The maximum Gasteiger partial charge on any atom is 0.130 e. The van der Waals surface area contributed by atoms with Gasteiger partial charge in [0.25, 0.3) is 0 Å². The lowest BCUT2D eigenvalue weighted by atomic mass is 9.78. The summed E-state index contributed by atoms with van der Waals surface area (Å²) >= 11 is 0. The van der Waals surface area contributed by atoms with Gasteiger partial charge in [0.15, 0.2) is 0 Å². The van der Waals surface area contributed by atoms with Gasteiger partial charge in [0.05, 0.1) is 0 Å². The molecule has 0 aromatic heterocycles. The van der Waals surface area contributed by atoms with Crippen molar-refractivity contribution in [3.63, 3.8) is 0 Å². The normalized spacial score (nSPS) is 19.7. The first-order chi connectivity index (χ1) is 13.6. The molecule has 2 aromatic carbocycles. The first kappa shape index (κ1) is 21.0. The van der Waals surface area contributed by atoms with Gasteiger partial charge in [-0.25, -0.2) is 8.78 Å². The Morgan fingerprint density at radius 2 is 1.39 bits per heavy atom. The third kappa shape index (κ3) is 5.41. The van der Waals surface area contributed by atoms with Crippen LogP contribution >= 0.6 is 0 Å². The molecule has 0 aliphatic heterocycles. The average molecular weight is 387 g/mol. The second-order valence-electron chi connectivity index (χ2n) is 8.30. The van der Waals surface area contributed by atoms with Crippen LogP contribution in [0.2, 0.25) is 0 Å². The first-order valence-electron chi connectivity index (χ1n) is 10.8. The summed E-state index contributed by atoms with van der Waals surface area (Å²) in [4.78, 5) is 0. The van der Waals surface area contributed by atoms with Gasteiger partial charge in [0.2, 0.25) is 0 Å². The van der Waals surface area contributed by atoms with Crippen molar-refractivity contribution < 1.29 is 13.9 Å². The van der Waals surface area contributed by atoms with Crippen molar-refractivity contribution >= 4 is 0 Å². The number of hydrogen-bond acceptors (Lipinski definition) is 1. The third-order valence-electron chi connectivity index (χ3n) is 6.29. The maximum absolute atomic E-state index is 14.1. The monoisotopic (exact) mass is 386 g/mol. The molecule has 1 aliphatic carbocycles. The SMILES string of the molecule is CCCC1CCC(CCc2ccc(-c3cc(F)c(CCO)c(F)c3)cc2)CC1. The summed E-state index contributed by atoms with van der Waals surface area (Å²) in [5, 5.41) is 8.93. The molecule has 0 bridgehead atoms. The zero-order valence-corrected chi connectivity index (χ0v) is 16.9. The van der Waals surface area contributed by atoms with Gasteiger partial charge >= 0.3 is 0 Å². The van der Waals surface area contributed by atoms with E-state index in [0.717, 1.165) is 23.8 Å². The molecule has 0 unspecified atom stereocenters. The summed E-state index contributed by atoms with van der Waals surface area (Å²) in [6, 6.07) is 10.8. The fourth-order valence-corrected chi connectivity index (χ4v) is 4.57. The molecule has 1 nitrogen and oxygen atoms in total. The van der Waals surface area contributed by atoms with Crippen LogP contribution in [0.1, 0.15) is 63.0 Å². The Morgan fingerprint density at radius 1 is 0.821 bits per heavy atom. The predicted molar refractivity (Wildman–Crippen MR) is 111 cm³/mol. The second kappa shape index (κ2) is 10.2. The number of aryl methyl sites for hydroxylation is 1. The van der Waals surface area contributed by atoms with Crippen LogP contribution in [-0.4, -0.2) is 11.7 Å². The lowest BCUT2D eigenvalue weighted by molar-refractivity contribution is 0.252. The fourth-order valence-electron chi connectivity index (χ4n) is 4.57. The van der Waals surface area contributed by atoms with Crippen molar-refractivity contribution in [3.05, 3.63) is 59.2 Å². The van der Waals surface area contributed by atoms with Gasteiger partial charge in [0, 0.05) is 18.6 Å². The molecule has 28 heavy (non-hydrogen) atoms. The largest absolute Gasteiger partial charge is 0.396 e. The molecule has 0 amide bonds. The minimum absolute atomic E-state index is 0.00274. The molecule has 0 spiro atoms. The van der Waals surface area contributed by atoms with Gasteiger partial charge in [-0.2, -0.15) is 0 Å². The predicted octanol–water partition coefficient (Wildman–Crippen LogP) is 6.71. The molecule has 0 heterocycles. The van der Waals surface area contributed by atoms with E-state index in [0.29, 0.717) is 5.56 Å². The van der Waals surface area contributed by atoms with Crippen molar-refractivity contribution in [3.8, 4) is 11.1 Å². The summed E-state index contributed by atoms with van der Waals surface area (Å²) in [5.41, 5.74) is 2.60. The van der Waals surface area contributed by atoms with Crippen LogP contribution in [0.4, 0.5) is 8.78 Å². The highest BCUT2D eigenvalue weighted by atomic mass is 19.1. The summed E-state index contributed by atoms with van der Waals surface area (Å²) in [7, 11) is 0. The van der Waals surface area contributed by atoms with Crippen LogP contribution in [0, 0.1) is 23.5 Å². The van der Waals surface area contributed by atoms with E-state index in [2.05, 4.69) is 19.1 Å². The highest BCUT2D eigenvalue weighted by Gasteiger charge is 2.20. The van der Waals surface area contributed by atoms with Crippen LogP contribution in [0.15, 0.2) is 36.4 Å². The van der Waals surface area contributed by atoms with E-state index in [-0.39, 0.29) is 18.6 Å². The maximum atomic E-state index is 14.1. The summed E-state index contributed by atoms with van der Waals surface area (Å²) in [5.74, 6) is 0.610. The van der Waals surface area contributed by atoms with Crippen molar-refractivity contribution in [2.75, 3.05) is 6.61 Å². The summed E-state index contributed by atoms with van der Waals surface area (Å²) in [6.07, 6.45) is 10.5. The molecule has 0 atom stereocenters. The Bertz CT molecular complexity index is 723. The van der Waals surface area contributed by atoms with E-state index in [1.807, 2.05) is 12.1 Å². The molecule has 3 rings (SSSR count). The quantitative estimate of drug-likeness (QED) is 0.535. The van der Waals surface area contributed by atoms with E-state index in [4.69, 9.17) is 5.11 Å². The number of hydrogen-bond donors (Lipinski definition) is 1. The minimum Gasteiger partial charge on any atom is -0.396 e. The lowest BCUT2D eigenvalue weighted by Gasteiger charge is -2.28. The van der Waals surface area contributed by atoms with E-state index in [9.17, 15) is 8.78 Å². The molecule has 0 saturated heterocycles. The van der Waals surface area contributed by atoms with E-state index in [1.165, 1.54) is 62.6 Å². The number of aliphatic hydroxyl groups excluding tert-OH is 1. The Balaban J connectivity index is 1.57. The zero-order chi connectivity index (χ0) is 19.9. The first-order valence-corrected chi connectivity index (χ1v) is 10.8. The summed E-state index contributed by atoms with van der Waals surface area (Å²) < 4.78 is 28.2. The molecule has 2 aromatic rings. The number of benzene rings is 2. The van der Waals surface area contributed by atoms with E-state index in [1.54, 1.807) is 0 Å². The second-order valence-corrected chi connectivity index (χ2v) is 8.30. The standard InChI is InChI=1S/C25H32F2O/c1-2-3-18-4-6-19(7-5-18)8-9-20-10-12-21(13-11-20)22-16-24(26)23(14-15-28)25(27)17-22/h10-13,16-19,28H,2-9,14-15H2,1H3. The van der Waals surface area contributed by atoms with Crippen LogP contribution in [-0.2, 0) is 12.8 Å². The van der Waals surface area contributed by atoms with E-state index >= 15 is 0 Å². The number of rotatable bonds is 8. The van der Waals surface area contributed by atoms with Crippen molar-refractivity contribution in [1.29, 1.82) is 0 Å². The topological polar surface area (TPSA) is 20.2 Å². The molecule has 1 fully saturated rings. The summed E-state index contributed by atoms with van der Waals surface area (Å²) in [6.45, 7) is 2.02. The van der Waals surface area contributed by atoms with Crippen molar-refractivity contribution in [2.45, 2.75) is 64.7 Å². The number of aliphatic hydroxyl groups is 1. The van der Waals surface area contributed by atoms with Crippen LogP contribution in [0.5, 0.6) is 0 Å². The molecule has 1 aliphatic rings. The zero-order valence-electron chi connectivity index (χ0n) is 16.9. The van der Waals surface area contributed by atoms with Crippen molar-refractivity contribution in [2.24, 2.45) is 11.8 Å². The van der Waals surface area contributed by atoms with Gasteiger partial charge in [-0.1, -0.05) is 69.7 Å². The molecule has 3 heteroatoms. The Hall–Kier alpha value is -1.74. The highest BCUT2D eigenvalue weighted by Crippen LogP contribution is 2.34. The Labute approximate surface area is 167 Å². The van der Waals surface area contributed by atoms with E-state index < -0.39 is 11.6 Å². The Kier molecular flexibility index (Phi) is 7.61. The third-order valence-corrected chi connectivity index (χ3v) is 6.29. The Morgan fingerprint density at radius 3 is 1.93 bits per heavy atom. The average Bonchev–Trinajstić information content (AvgIpc) is 2.71. The molecule has 1 saturated carbocycles. The van der Waals surface area contributed by atoms with Crippen LogP contribution < -0.4 is 0 Å². The smallest absolute Gasteiger partial charge is 0.130 e. The van der Waals surface area contributed by atoms with Crippen LogP contribution in [0.3, 0.4) is 0 Å². The van der Waals surface area contributed by atoms with Gasteiger partial charge < -0.3 is 5.11 Å². The fraction of sp³-hybridized carbons (Fsp3) is 0.520. The van der Waals surface area contributed by atoms with Crippen LogP contribution in [0.25, 0.3) is 11.1 Å². The molecule has 152 valence electrons. The van der Waals surface area contributed by atoms with Gasteiger partial charge in [-0.3, -0.25) is 0 Å². The molecule has 0 radical (unpaired) electrons. The number of halogens is 2. The van der Waals surface area contributed by atoms with Crippen molar-refractivity contribution in [1.82, 2.24) is 0 Å². The molecule has 1 N–H and O–H groups in total. The van der Waals surface area contributed by atoms with Gasteiger partial charge in [0.1, 0.15) is 11.6 Å². The molecular weight excluding hydrogens is 354 g/mol. The van der Waals surface area contributed by atoms with Gasteiger partial charge in [-0.05, 0) is 53.5 Å². The molecular formula is C25H32F2O. The minimum atomic E-state index is -0.591. The van der Waals surface area contributed by atoms with Gasteiger partial charge in [-0.15, -0.1) is 0 Å².